The summed E-state index contributed by atoms with van der Waals surface area (Å²) in [4.78, 5) is 27.9. The zero-order valence-electron chi connectivity index (χ0n) is 15.8. The minimum atomic E-state index is -0.545. The Bertz CT molecular complexity index is 657. The molecule has 1 aromatic rings. The maximum absolute atomic E-state index is 12.0. The molecule has 3 rings (SSSR count). The molecule has 26 heavy (non-hydrogen) atoms. The lowest BCUT2D eigenvalue weighted by atomic mass is 9.98. The third-order valence-corrected chi connectivity index (χ3v) is 5.62. The van der Waals surface area contributed by atoms with Gasteiger partial charge in [0.2, 0.25) is 5.91 Å². The first kappa shape index (κ1) is 18.9. The average Bonchev–Trinajstić information content (AvgIpc) is 3.20. The van der Waals surface area contributed by atoms with Gasteiger partial charge in [0.05, 0.1) is 12.1 Å². The van der Waals surface area contributed by atoms with Crippen LogP contribution in [-0.2, 0) is 11.8 Å². The van der Waals surface area contributed by atoms with E-state index in [1.54, 1.807) is 11.9 Å². The second-order valence-electron chi connectivity index (χ2n) is 7.39. The van der Waals surface area contributed by atoms with E-state index in [2.05, 4.69) is 10.2 Å². The summed E-state index contributed by atoms with van der Waals surface area (Å²) in [5.41, 5.74) is 1.75. The van der Waals surface area contributed by atoms with Crippen molar-refractivity contribution in [3.05, 3.63) is 23.5 Å². The van der Waals surface area contributed by atoms with E-state index < -0.39 is 6.10 Å². The number of aliphatic hydroxyl groups is 1. The molecule has 2 N–H and O–H groups in total. The smallest absolute Gasteiger partial charge is 0.267 e. The fourth-order valence-electron chi connectivity index (χ4n) is 4.24. The van der Waals surface area contributed by atoms with Crippen molar-refractivity contribution in [2.24, 2.45) is 7.05 Å². The van der Waals surface area contributed by atoms with E-state index in [9.17, 15) is 14.7 Å². The van der Waals surface area contributed by atoms with E-state index in [-0.39, 0.29) is 17.9 Å². The van der Waals surface area contributed by atoms with Gasteiger partial charge in [-0.1, -0.05) is 6.42 Å². The normalized spacial score (nSPS) is 22.7. The van der Waals surface area contributed by atoms with Crippen LogP contribution in [0.1, 0.15) is 54.3 Å². The van der Waals surface area contributed by atoms with Gasteiger partial charge in [-0.15, -0.1) is 0 Å². The van der Waals surface area contributed by atoms with Gasteiger partial charge in [0, 0.05) is 45.8 Å². The topological polar surface area (TPSA) is 77.8 Å². The van der Waals surface area contributed by atoms with Crippen molar-refractivity contribution in [3.8, 4) is 0 Å². The molecule has 2 atom stereocenters. The SMILES string of the molecule is CNC(=O)c1ccc([C@@H]2CCCCN2C[C@H](O)CN2CCCC2=O)n1C. The van der Waals surface area contributed by atoms with Crippen LogP contribution in [0.4, 0.5) is 0 Å². The number of hydrogen-bond acceptors (Lipinski definition) is 4. The van der Waals surface area contributed by atoms with Crippen molar-refractivity contribution in [2.75, 3.05) is 33.2 Å². The second kappa shape index (κ2) is 8.22. The van der Waals surface area contributed by atoms with Gasteiger partial charge in [-0.3, -0.25) is 14.5 Å². The molecule has 144 valence electrons. The number of amides is 2. The Kier molecular flexibility index (Phi) is 5.98. The summed E-state index contributed by atoms with van der Waals surface area (Å²) in [6.45, 7) is 2.65. The Balaban J connectivity index is 1.69. The van der Waals surface area contributed by atoms with E-state index in [1.807, 2.05) is 23.7 Å². The summed E-state index contributed by atoms with van der Waals surface area (Å²) in [7, 11) is 3.56. The lowest BCUT2D eigenvalue weighted by molar-refractivity contribution is -0.129. The number of piperidine rings is 1. The highest BCUT2D eigenvalue weighted by molar-refractivity contribution is 5.92. The van der Waals surface area contributed by atoms with Gasteiger partial charge in [0.15, 0.2) is 0 Å². The molecule has 2 aliphatic rings. The lowest BCUT2D eigenvalue weighted by Crippen LogP contribution is -2.44. The number of nitrogens with zero attached hydrogens (tertiary/aromatic N) is 3. The number of carbonyl (C=O) groups excluding carboxylic acids is 2. The molecule has 0 unspecified atom stereocenters. The Labute approximate surface area is 154 Å². The molecule has 3 heterocycles. The van der Waals surface area contributed by atoms with Gasteiger partial charge < -0.3 is 19.9 Å². The van der Waals surface area contributed by atoms with Crippen LogP contribution < -0.4 is 5.32 Å². The van der Waals surface area contributed by atoms with E-state index in [0.717, 1.165) is 44.5 Å². The Morgan fingerprint density at radius 2 is 2.08 bits per heavy atom. The highest BCUT2D eigenvalue weighted by Gasteiger charge is 2.30. The molecule has 0 aromatic carbocycles. The molecule has 7 heteroatoms. The van der Waals surface area contributed by atoms with Gasteiger partial charge in [-0.2, -0.15) is 0 Å². The number of aromatic nitrogens is 1. The molecule has 7 nitrogen and oxygen atoms in total. The summed E-state index contributed by atoms with van der Waals surface area (Å²) in [5, 5.41) is 13.2. The fourth-order valence-corrected chi connectivity index (χ4v) is 4.24. The predicted molar refractivity (Wildman–Crippen MR) is 98.8 cm³/mol. The molecule has 0 bridgehead atoms. The van der Waals surface area contributed by atoms with Crippen LogP contribution in [0.5, 0.6) is 0 Å². The van der Waals surface area contributed by atoms with E-state index in [0.29, 0.717) is 25.2 Å². The minimum Gasteiger partial charge on any atom is -0.390 e. The Morgan fingerprint density at radius 3 is 2.77 bits per heavy atom. The minimum absolute atomic E-state index is 0.0892. The van der Waals surface area contributed by atoms with Crippen molar-refractivity contribution in [3.63, 3.8) is 0 Å². The van der Waals surface area contributed by atoms with Crippen LogP contribution in [-0.4, -0.2) is 70.6 Å². The average molecular weight is 362 g/mol. The molecule has 1 aromatic heterocycles. The largest absolute Gasteiger partial charge is 0.390 e. The first-order chi connectivity index (χ1) is 12.5. The third kappa shape index (κ3) is 3.94. The van der Waals surface area contributed by atoms with Crippen LogP contribution in [0.15, 0.2) is 12.1 Å². The molecule has 0 saturated carbocycles. The second-order valence-corrected chi connectivity index (χ2v) is 7.39. The van der Waals surface area contributed by atoms with Crippen molar-refractivity contribution >= 4 is 11.8 Å². The number of likely N-dealkylation sites (tertiary alicyclic amines) is 2. The van der Waals surface area contributed by atoms with Crippen molar-refractivity contribution in [1.82, 2.24) is 19.7 Å². The zero-order chi connectivity index (χ0) is 18.7. The highest BCUT2D eigenvalue weighted by Crippen LogP contribution is 2.32. The number of aliphatic hydroxyl groups excluding tert-OH is 1. The standard InChI is InChI=1S/C19H30N4O3/c1-20-19(26)17-9-8-15(21(17)2)16-6-3-4-10-22(16)12-14(24)13-23-11-5-7-18(23)25/h8-9,14,16,24H,3-7,10-13H2,1-2H3,(H,20,26)/t14-,16-/m0/s1. The Hall–Kier alpha value is -1.86. The van der Waals surface area contributed by atoms with Gasteiger partial charge in [0.25, 0.3) is 5.91 Å². The van der Waals surface area contributed by atoms with Gasteiger partial charge in [-0.05, 0) is 37.9 Å². The van der Waals surface area contributed by atoms with Crippen molar-refractivity contribution < 1.29 is 14.7 Å². The number of nitrogens with one attached hydrogen (secondary N) is 1. The molecule has 2 amide bonds. The molecule has 2 fully saturated rings. The zero-order valence-corrected chi connectivity index (χ0v) is 15.8. The monoisotopic (exact) mass is 362 g/mol. The van der Waals surface area contributed by atoms with E-state index in [4.69, 9.17) is 0 Å². The molecule has 0 spiro atoms. The van der Waals surface area contributed by atoms with Crippen molar-refractivity contribution in [1.29, 1.82) is 0 Å². The maximum atomic E-state index is 12.0. The fraction of sp³-hybridized carbons (Fsp3) is 0.684. The molecular formula is C19H30N4O3. The number of β-amino-alcohol motifs (C(OH)–C–C–N with tert-alkyl or cyclic N) is 1. The van der Waals surface area contributed by atoms with Crippen LogP contribution >= 0.6 is 0 Å². The Morgan fingerprint density at radius 1 is 1.27 bits per heavy atom. The van der Waals surface area contributed by atoms with Gasteiger partial charge in [0.1, 0.15) is 5.69 Å². The van der Waals surface area contributed by atoms with Gasteiger partial charge in [-0.25, -0.2) is 0 Å². The molecule has 0 aliphatic carbocycles. The van der Waals surface area contributed by atoms with Gasteiger partial charge >= 0.3 is 0 Å². The first-order valence-electron chi connectivity index (χ1n) is 9.59. The van der Waals surface area contributed by atoms with Crippen LogP contribution in [0, 0.1) is 0 Å². The van der Waals surface area contributed by atoms with Crippen LogP contribution in [0.2, 0.25) is 0 Å². The summed E-state index contributed by atoms with van der Waals surface area (Å²) < 4.78 is 1.96. The molecule has 2 saturated heterocycles. The summed E-state index contributed by atoms with van der Waals surface area (Å²) in [5.74, 6) is 0.0607. The number of carbonyl (C=O) groups is 2. The summed E-state index contributed by atoms with van der Waals surface area (Å²) >= 11 is 0. The van der Waals surface area contributed by atoms with Crippen LogP contribution in [0.3, 0.4) is 0 Å². The van der Waals surface area contributed by atoms with E-state index >= 15 is 0 Å². The molecule has 2 aliphatic heterocycles. The molecule has 0 radical (unpaired) electrons. The molecular weight excluding hydrogens is 332 g/mol. The third-order valence-electron chi connectivity index (χ3n) is 5.62. The highest BCUT2D eigenvalue weighted by atomic mass is 16.3. The lowest BCUT2D eigenvalue weighted by Gasteiger charge is -2.37. The van der Waals surface area contributed by atoms with Crippen LogP contribution in [0.25, 0.3) is 0 Å². The predicted octanol–water partition coefficient (Wildman–Crippen LogP) is 0.895. The quantitative estimate of drug-likeness (QED) is 0.788. The maximum Gasteiger partial charge on any atom is 0.267 e. The summed E-state index contributed by atoms with van der Waals surface area (Å²) in [6, 6.07) is 4.07. The number of hydrogen-bond donors (Lipinski definition) is 2. The summed E-state index contributed by atoms with van der Waals surface area (Å²) in [6.07, 6.45) is 4.21. The number of rotatable bonds is 6. The van der Waals surface area contributed by atoms with E-state index in [1.165, 1.54) is 0 Å². The first-order valence-corrected chi connectivity index (χ1v) is 9.59. The van der Waals surface area contributed by atoms with Crippen molar-refractivity contribution in [2.45, 2.75) is 44.2 Å².